The second-order valence-corrected chi connectivity index (χ2v) is 8.82. The highest BCUT2D eigenvalue weighted by atomic mass is 35.5. The number of amides is 2. The highest BCUT2D eigenvalue weighted by molar-refractivity contribution is 6.31. The molecule has 1 saturated heterocycles. The average molecular weight is 443 g/mol. The minimum absolute atomic E-state index is 0.0492. The Kier molecular flexibility index (Phi) is 6.19. The van der Waals surface area contributed by atoms with E-state index in [1.807, 2.05) is 18.2 Å². The molecule has 1 aromatic heterocycles. The molecule has 1 aromatic carbocycles. The molecule has 0 spiro atoms. The summed E-state index contributed by atoms with van der Waals surface area (Å²) in [6.45, 7) is 0.966. The standard InChI is InChI=1S/C24H27ClN2O4/c1-26(24(13-5-4-10-21(24)28)18-7-2-3-8-19(18)25)22(29)17-11-14-27(15-12-17)23(30)20-9-6-16-31-20/h2-3,6-9,16-17H,4-5,10-15H2,1H3. The predicted molar refractivity (Wildman–Crippen MR) is 117 cm³/mol. The van der Waals surface area contributed by atoms with Crippen molar-refractivity contribution in [1.82, 2.24) is 9.80 Å². The second kappa shape index (κ2) is 8.87. The molecular weight excluding hydrogens is 416 g/mol. The van der Waals surface area contributed by atoms with Crippen LogP contribution in [0.2, 0.25) is 5.02 Å². The smallest absolute Gasteiger partial charge is 0.289 e. The first kappa shape index (κ1) is 21.6. The van der Waals surface area contributed by atoms with Gasteiger partial charge in [0.05, 0.1) is 6.26 Å². The molecule has 164 valence electrons. The van der Waals surface area contributed by atoms with Crippen molar-refractivity contribution in [2.45, 2.75) is 44.1 Å². The molecule has 7 heteroatoms. The number of piperidine rings is 1. The Bertz CT molecular complexity index is 966. The zero-order valence-corrected chi connectivity index (χ0v) is 18.4. The summed E-state index contributed by atoms with van der Waals surface area (Å²) in [4.78, 5) is 42.7. The van der Waals surface area contributed by atoms with Gasteiger partial charge in [0, 0.05) is 43.1 Å². The topological polar surface area (TPSA) is 70.8 Å². The van der Waals surface area contributed by atoms with Gasteiger partial charge in [0.25, 0.3) is 5.91 Å². The summed E-state index contributed by atoms with van der Waals surface area (Å²) in [6.07, 6.45) is 5.32. The molecule has 2 aliphatic rings. The lowest BCUT2D eigenvalue weighted by molar-refractivity contribution is -0.151. The normalized spacial score (nSPS) is 22.4. The fraction of sp³-hybridized carbons (Fsp3) is 0.458. The van der Waals surface area contributed by atoms with Crippen LogP contribution in [0.1, 0.15) is 54.6 Å². The third-order valence-corrected chi connectivity index (χ3v) is 7.07. The fourth-order valence-electron chi connectivity index (χ4n) is 4.98. The Morgan fingerprint density at radius 3 is 2.52 bits per heavy atom. The van der Waals surface area contributed by atoms with E-state index in [4.69, 9.17) is 16.0 Å². The van der Waals surface area contributed by atoms with Crippen LogP contribution in [0.4, 0.5) is 0 Å². The van der Waals surface area contributed by atoms with Crippen molar-refractivity contribution in [3.05, 3.63) is 59.0 Å². The van der Waals surface area contributed by atoms with Gasteiger partial charge in [-0.15, -0.1) is 0 Å². The molecule has 2 amide bonds. The van der Waals surface area contributed by atoms with E-state index < -0.39 is 5.54 Å². The fourth-order valence-corrected chi connectivity index (χ4v) is 5.27. The summed E-state index contributed by atoms with van der Waals surface area (Å²) >= 11 is 6.51. The maximum absolute atomic E-state index is 13.5. The van der Waals surface area contributed by atoms with Crippen LogP contribution in [0.5, 0.6) is 0 Å². The molecule has 6 nitrogen and oxygen atoms in total. The Morgan fingerprint density at radius 2 is 1.87 bits per heavy atom. The molecule has 1 aliphatic carbocycles. The quantitative estimate of drug-likeness (QED) is 0.708. The Hall–Kier alpha value is -2.60. The van der Waals surface area contributed by atoms with Gasteiger partial charge in [-0.25, -0.2) is 0 Å². The number of hydrogen-bond acceptors (Lipinski definition) is 4. The lowest BCUT2D eigenvalue weighted by atomic mass is 9.73. The molecule has 1 saturated carbocycles. The van der Waals surface area contributed by atoms with Crippen LogP contribution in [-0.2, 0) is 15.1 Å². The number of likely N-dealkylation sites (tertiary alicyclic amines) is 1. The molecule has 1 aliphatic heterocycles. The number of ketones is 1. The van der Waals surface area contributed by atoms with Crippen LogP contribution in [0, 0.1) is 5.92 Å². The zero-order chi connectivity index (χ0) is 22.0. The maximum atomic E-state index is 13.5. The summed E-state index contributed by atoms with van der Waals surface area (Å²) in [5, 5.41) is 0.510. The van der Waals surface area contributed by atoms with E-state index in [1.54, 1.807) is 35.0 Å². The summed E-state index contributed by atoms with van der Waals surface area (Å²) in [6, 6.07) is 10.7. The van der Waals surface area contributed by atoms with Gasteiger partial charge in [-0.05, 0) is 50.3 Å². The molecule has 31 heavy (non-hydrogen) atoms. The van der Waals surface area contributed by atoms with E-state index >= 15 is 0 Å². The van der Waals surface area contributed by atoms with Crippen LogP contribution in [0.25, 0.3) is 0 Å². The van der Waals surface area contributed by atoms with Gasteiger partial charge >= 0.3 is 0 Å². The molecule has 1 unspecified atom stereocenters. The Morgan fingerprint density at radius 1 is 1.13 bits per heavy atom. The van der Waals surface area contributed by atoms with Gasteiger partial charge in [-0.3, -0.25) is 14.4 Å². The van der Waals surface area contributed by atoms with Crippen LogP contribution in [-0.4, -0.2) is 47.5 Å². The van der Waals surface area contributed by atoms with Crippen molar-refractivity contribution in [2.75, 3.05) is 20.1 Å². The van der Waals surface area contributed by atoms with Gasteiger partial charge in [0.15, 0.2) is 11.5 Å². The van der Waals surface area contributed by atoms with Crippen LogP contribution in [0.3, 0.4) is 0 Å². The number of hydrogen-bond donors (Lipinski definition) is 0. The monoisotopic (exact) mass is 442 g/mol. The van der Waals surface area contributed by atoms with Crippen LogP contribution < -0.4 is 0 Å². The highest BCUT2D eigenvalue weighted by Gasteiger charge is 2.49. The van der Waals surface area contributed by atoms with Crippen molar-refractivity contribution < 1.29 is 18.8 Å². The summed E-state index contributed by atoms with van der Waals surface area (Å²) in [5.41, 5.74) is -0.308. The number of carbonyl (C=O) groups is 3. The first-order valence-corrected chi connectivity index (χ1v) is 11.2. The second-order valence-electron chi connectivity index (χ2n) is 8.41. The summed E-state index contributed by atoms with van der Waals surface area (Å²) < 4.78 is 5.21. The zero-order valence-electron chi connectivity index (χ0n) is 17.7. The third-order valence-electron chi connectivity index (χ3n) is 6.74. The number of rotatable bonds is 4. The first-order chi connectivity index (χ1) is 14.9. The summed E-state index contributed by atoms with van der Waals surface area (Å²) in [5.74, 6) is -0.0836. The number of Topliss-reactive ketones (excluding diaryl/α,β-unsaturated/α-hetero) is 1. The molecule has 4 rings (SSSR count). The summed E-state index contributed by atoms with van der Waals surface area (Å²) in [7, 11) is 1.73. The van der Waals surface area contributed by atoms with Crippen molar-refractivity contribution >= 4 is 29.2 Å². The van der Waals surface area contributed by atoms with Gasteiger partial charge in [-0.1, -0.05) is 29.8 Å². The molecule has 2 aromatic rings. The molecule has 2 fully saturated rings. The number of furan rings is 1. The van der Waals surface area contributed by atoms with E-state index in [2.05, 4.69) is 0 Å². The minimum Gasteiger partial charge on any atom is -0.459 e. The number of benzene rings is 1. The maximum Gasteiger partial charge on any atom is 0.289 e. The van der Waals surface area contributed by atoms with Gasteiger partial charge in [0.1, 0.15) is 5.54 Å². The lowest BCUT2D eigenvalue weighted by Crippen LogP contribution is -2.56. The number of halogens is 1. The van der Waals surface area contributed by atoms with Crippen molar-refractivity contribution in [3.63, 3.8) is 0 Å². The largest absolute Gasteiger partial charge is 0.459 e. The molecule has 0 bridgehead atoms. The van der Waals surface area contributed by atoms with E-state index in [1.165, 1.54) is 6.26 Å². The van der Waals surface area contributed by atoms with Gasteiger partial charge in [0.2, 0.25) is 5.91 Å². The minimum atomic E-state index is -1.02. The molecule has 0 N–H and O–H groups in total. The van der Waals surface area contributed by atoms with Crippen LogP contribution in [0.15, 0.2) is 47.1 Å². The molecular formula is C24H27ClN2O4. The van der Waals surface area contributed by atoms with E-state index in [-0.39, 0.29) is 23.5 Å². The van der Waals surface area contributed by atoms with E-state index in [9.17, 15) is 14.4 Å². The third kappa shape index (κ3) is 3.89. The Balaban J connectivity index is 1.53. The number of likely N-dealkylation sites (N-methyl/N-ethyl adjacent to an activating group) is 1. The van der Waals surface area contributed by atoms with Gasteiger partial charge in [-0.2, -0.15) is 0 Å². The van der Waals surface area contributed by atoms with Gasteiger partial charge < -0.3 is 14.2 Å². The van der Waals surface area contributed by atoms with Crippen molar-refractivity contribution in [1.29, 1.82) is 0 Å². The molecule has 0 radical (unpaired) electrons. The average Bonchev–Trinajstić information content (AvgIpc) is 3.34. The predicted octanol–water partition coefficient (Wildman–Crippen LogP) is 4.28. The van der Waals surface area contributed by atoms with Crippen LogP contribution >= 0.6 is 11.6 Å². The van der Waals surface area contributed by atoms with Crippen molar-refractivity contribution in [2.24, 2.45) is 5.92 Å². The first-order valence-electron chi connectivity index (χ1n) is 10.8. The van der Waals surface area contributed by atoms with E-state index in [0.717, 1.165) is 12.8 Å². The number of nitrogens with zero attached hydrogens (tertiary/aromatic N) is 2. The van der Waals surface area contributed by atoms with Crippen molar-refractivity contribution in [3.8, 4) is 0 Å². The molecule has 1 atom stereocenters. The molecule has 2 heterocycles. The van der Waals surface area contributed by atoms with E-state index in [0.29, 0.717) is 55.1 Å². The highest BCUT2D eigenvalue weighted by Crippen LogP contribution is 2.43. The Labute approximate surface area is 187 Å². The lowest BCUT2D eigenvalue weighted by Gasteiger charge is -2.45. The number of carbonyl (C=O) groups excluding carboxylic acids is 3. The SMILES string of the molecule is CN(C(=O)C1CCN(C(=O)c2ccco2)CC1)C1(c2ccccc2Cl)CCCCC1=O.